The Bertz CT molecular complexity index is 994. The molecule has 5 nitrogen and oxygen atoms in total. The van der Waals surface area contributed by atoms with E-state index in [0.29, 0.717) is 24.6 Å². The van der Waals surface area contributed by atoms with Crippen molar-refractivity contribution in [1.29, 1.82) is 0 Å². The lowest BCUT2D eigenvalue weighted by Gasteiger charge is -2.13. The first-order chi connectivity index (χ1) is 14.5. The Labute approximate surface area is 194 Å². The van der Waals surface area contributed by atoms with Crippen LogP contribution < -0.4 is 20.1 Å². The van der Waals surface area contributed by atoms with Crippen LogP contribution in [0.5, 0.6) is 11.5 Å². The summed E-state index contributed by atoms with van der Waals surface area (Å²) in [4.78, 5) is 12.1. The molecule has 1 amide bonds. The van der Waals surface area contributed by atoms with Gasteiger partial charge in [-0.05, 0) is 48.4 Å². The predicted molar refractivity (Wildman–Crippen MR) is 128 cm³/mol. The standard InChI is InChI=1S/C24H25ClN2O3.ClH/c1-17-7-10-20(11-8-17)27-24(28)16-30-22-12-9-18(13-23(22)29-2)14-26-15-19-5-3-4-6-21(19)25;/h3-13,26H,14-16H2,1-2H3,(H,27,28);1H. The summed E-state index contributed by atoms with van der Waals surface area (Å²) in [5.41, 5.74) is 3.96. The molecule has 0 aliphatic heterocycles. The minimum atomic E-state index is -0.230. The lowest BCUT2D eigenvalue weighted by atomic mass is 10.2. The van der Waals surface area contributed by atoms with E-state index in [1.807, 2.05) is 73.7 Å². The smallest absolute Gasteiger partial charge is 0.262 e. The molecule has 0 aliphatic rings. The highest BCUT2D eigenvalue weighted by molar-refractivity contribution is 6.31. The van der Waals surface area contributed by atoms with E-state index >= 15 is 0 Å². The van der Waals surface area contributed by atoms with Gasteiger partial charge in [-0.25, -0.2) is 0 Å². The Morgan fingerprint density at radius 3 is 2.42 bits per heavy atom. The zero-order chi connectivity index (χ0) is 21.3. The lowest BCUT2D eigenvalue weighted by Crippen LogP contribution is -2.20. The monoisotopic (exact) mass is 460 g/mol. The van der Waals surface area contributed by atoms with Crippen molar-refractivity contribution in [2.45, 2.75) is 20.0 Å². The van der Waals surface area contributed by atoms with Crippen LogP contribution in [0.3, 0.4) is 0 Å². The zero-order valence-electron chi connectivity index (χ0n) is 17.5. The third-order valence-corrected chi connectivity index (χ3v) is 4.89. The predicted octanol–water partition coefficient (Wildman–Crippen LogP) is 5.39. The fourth-order valence-electron chi connectivity index (χ4n) is 2.90. The second kappa shape index (κ2) is 12.2. The summed E-state index contributed by atoms with van der Waals surface area (Å²) in [5.74, 6) is 0.868. The molecular formula is C24H26Cl2N2O3. The van der Waals surface area contributed by atoms with Crippen molar-refractivity contribution in [1.82, 2.24) is 5.32 Å². The summed E-state index contributed by atoms with van der Waals surface area (Å²) < 4.78 is 11.1. The van der Waals surface area contributed by atoms with Crippen molar-refractivity contribution >= 4 is 35.6 Å². The number of amides is 1. The molecule has 3 aromatic carbocycles. The first-order valence-corrected chi connectivity index (χ1v) is 10.0. The van der Waals surface area contributed by atoms with Crippen molar-refractivity contribution in [3.63, 3.8) is 0 Å². The third kappa shape index (κ3) is 7.47. The fraction of sp³-hybridized carbons (Fsp3) is 0.208. The maximum absolute atomic E-state index is 12.1. The molecule has 7 heteroatoms. The molecule has 0 aromatic heterocycles. The van der Waals surface area contributed by atoms with Crippen molar-refractivity contribution in [3.05, 3.63) is 88.4 Å². The molecule has 0 radical (unpaired) electrons. The number of benzene rings is 3. The minimum absolute atomic E-state index is 0. The molecule has 31 heavy (non-hydrogen) atoms. The second-order valence-electron chi connectivity index (χ2n) is 6.88. The number of carbonyl (C=O) groups excluding carboxylic acids is 1. The van der Waals surface area contributed by atoms with Gasteiger partial charge in [0.25, 0.3) is 5.91 Å². The van der Waals surface area contributed by atoms with Crippen LogP contribution in [-0.2, 0) is 17.9 Å². The van der Waals surface area contributed by atoms with Gasteiger partial charge in [0.15, 0.2) is 18.1 Å². The Morgan fingerprint density at radius 2 is 1.71 bits per heavy atom. The summed E-state index contributed by atoms with van der Waals surface area (Å²) in [6.45, 7) is 3.21. The number of ether oxygens (including phenoxy) is 2. The molecule has 0 spiro atoms. The number of carbonyl (C=O) groups is 1. The molecule has 0 heterocycles. The summed E-state index contributed by atoms with van der Waals surface area (Å²) in [6.07, 6.45) is 0. The molecule has 3 rings (SSSR count). The van der Waals surface area contributed by atoms with Crippen molar-refractivity contribution in [3.8, 4) is 11.5 Å². The van der Waals surface area contributed by atoms with E-state index in [0.717, 1.165) is 27.4 Å². The number of rotatable bonds is 9. The average Bonchev–Trinajstić information content (AvgIpc) is 2.75. The number of methoxy groups -OCH3 is 1. The van der Waals surface area contributed by atoms with Gasteiger partial charge in [0.2, 0.25) is 0 Å². The van der Waals surface area contributed by atoms with Crippen LogP contribution in [0.25, 0.3) is 0 Å². The maximum Gasteiger partial charge on any atom is 0.262 e. The molecule has 0 saturated carbocycles. The van der Waals surface area contributed by atoms with Gasteiger partial charge in [0.1, 0.15) is 0 Å². The van der Waals surface area contributed by atoms with Gasteiger partial charge < -0.3 is 20.1 Å². The molecule has 0 atom stereocenters. The van der Waals surface area contributed by atoms with Crippen LogP contribution in [-0.4, -0.2) is 19.6 Å². The Hall–Kier alpha value is -2.73. The Kier molecular flexibility index (Phi) is 9.66. The van der Waals surface area contributed by atoms with Gasteiger partial charge in [-0.2, -0.15) is 0 Å². The molecule has 0 bridgehead atoms. The molecular weight excluding hydrogens is 435 g/mol. The number of hydrogen-bond acceptors (Lipinski definition) is 4. The van der Waals surface area contributed by atoms with Gasteiger partial charge in [-0.3, -0.25) is 4.79 Å². The average molecular weight is 461 g/mol. The number of hydrogen-bond donors (Lipinski definition) is 2. The van der Waals surface area contributed by atoms with E-state index in [4.69, 9.17) is 21.1 Å². The van der Waals surface area contributed by atoms with E-state index in [1.54, 1.807) is 7.11 Å². The van der Waals surface area contributed by atoms with Gasteiger partial charge in [-0.15, -0.1) is 12.4 Å². The van der Waals surface area contributed by atoms with E-state index in [1.165, 1.54) is 0 Å². The molecule has 3 aromatic rings. The molecule has 0 saturated heterocycles. The molecule has 164 valence electrons. The normalized spacial score (nSPS) is 10.2. The first-order valence-electron chi connectivity index (χ1n) is 9.65. The topological polar surface area (TPSA) is 59.6 Å². The van der Waals surface area contributed by atoms with E-state index in [2.05, 4.69) is 10.6 Å². The summed E-state index contributed by atoms with van der Waals surface area (Å²) >= 11 is 6.18. The highest BCUT2D eigenvalue weighted by Gasteiger charge is 2.09. The highest BCUT2D eigenvalue weighted by atomic mass is 35.5. The first kappa shape index (κ1) is 24.5. The number of nitrogens with one attached hydrogen (secondary N) is 2. The van der Waals surface area contributed by atoms with E-state index in [-0.39, 0.29) is 24.9 Å². The van der Waals surface area contributed by atoms with Crippen LogP contribution in [0, 0.1) is 6.92 Å². The molecule has 0 fully saturated rings. The Morgan fingerprint density at radius 1 is 0.968 bits per heavy atom. The molecule has 0 aliphatic carbocycles. The summed E-state index contributed by atoms with van der Waals surface area (Å²) in [5, 5.41) is 6.92. The minimum Gasteiger partial charge on any atom is -0.493 e. The third-order valence-electron chi connectivity index (χ3n) is 4.52. The molecule has 2 N–H and O–H groups in total. The van der Waals surface area contributed by atoms with Crippen LogP contribution in [0.1, 0.15) is 16.7 Å². The zero-order valence-corrected chi connectivity index (χ0v) is 19.1. The number of anilines is 1. The van der Waals surface area contributed by atoms with Crippen LogP contribution in [0.2, 0.25) is 5.02 Å². The van der Waals surface area contributed by atoms with Crippen LogP contribution in [0.15, 0.2) is 66.7 Å². The number of halogens is 2. The quantitative estimate of drug-likeness (QED) is 0.449. The molecule has 0 unspecified atom stereocenters. The van der Waals surface area contributed by atoms with Crippen LogP contribution >= 0.6 is 24.0 Å². The van der Waals surface area contributed by atoms with Crippen molar-refractivity contribution in [2.24, 2.45) is 0 Å². The van der Waals surface area contributed by atoms with E-state index < -0.39 is 0 Å². The van der Waals surface area contributed by atoms with Crippen LogP contribution in [0.4, 0.5) is 5.69 Å². The lowest BCUT2D eigenvalue weighted by molar-refractivity contribution is -0.118. The highest BCUT2D eigenvalue weighted by Crippen LogP contribution is 2.28. The van der Waals surface area contributed by atoms with Gasteiger partial charge >= 0.3 is 0 Å². The SMILES string of the molecule is COc1cc(CNCc2ccccc2Cl)ccc1OCC(=O)Nc1ccc(C)cc1.Cl. The number of aryl methyl sites for hydroxylation is 1. The Balaban J connectivity index is 0.00000341. The van der Waals surface area contributed by atoms with Crippen molar-refractivity contribution in [2.75, 3.05) is 19.0 Å². The summed E-state index contributed by atoms with van der Waals surface area (Å²) in [7, 11) is 1.58. The second-order valence-corrected chi connectivity index (χ2v) is 7.29. The van der Waals surface area contributed by atoms with E-state index in [9.17, 15) is 4.79 Å². The van der Waals surface area contributed by atoms with Gasteiger partial charge in [0, 0.05) is 23.8 Å². The largest absolute Gasteiger partial charge is 0.493 e. The summed E-state index contributed by atoms with van der Waals surface area (Å²) in [6, 6.07) is 21.0. The maximum atomic E-state index is 12.1. The van der Waals surface area contributed by atoms with Crippen molar-refractivity contribution < 1.29 is 14.3 Å². The fourth-order valence-corrected chi connectivity index (χ4v) is 3.10. The van der Waals surface area contributed by atoms with Gasteiger partial charge in [-0.1, -0.05) is 53.6 Å². The van der Waals surface area contributed by atoms with Gasteiger partial charge in [0.05, 0.1) is 7.11 Å².